The van der Waals surface area contributed by atoms with Crippen LogP contribution < -0.4 is 5.36 Å². The van der Waals surface area contributed by atoms with Crippen molar-refractivity contribution < 1.29 is 4.42 Å². The van der Waals surface area contributed by atoms with E-state index in [1.54, 1.807) is 12.3 Å². The summed E-state index contributed by atoms with van der Waals surface area (Å²) in [6, 6.07) is 1.57. The van der Waals surface area contributed by atoms with Crippen LogP contribution in [0.5, 0.6) is 0 Å². The van der Waals surface area contributed by atoms with Crippen LogP contribution in [0.15, 0.2) is 22.9 Å². The second kappa shape index (κ2) is 1.70. The van der Waals surface area contributed by atoms with E-state index in [4.69, 9.17) is 9.83 Å². The zero-order chi connectivity index (χ0) is 6.97. The molecule has 0 spiro atoms. The molecule has 0 aliphatic carbocycles. The molecule has 50 valence electrons. The molecule has 0 fully saturated rings. The van der Waals surface area contributed by atoms with Crippen molar-refractivity contribution in [2.45, 2.75) is 0 Å². The molecule has 2 aromatic rings. The van der Waals surface area contributed by atoms with Gasteiger partial charge in [0.25, 0.3) is 0 Å². The summed E-state index contributed by atoms with van der Waals surface area (Å²) in [5.74, 6) is 0. The van der Waals surface area contributed by atoms with Gasteiger partial charge < -0.3 is 4.42 Å². The molecule has 0 unspecified atom stereocenters. The van der Waals surface area contributed by atoms with E-state index in [2.05, 4.69) is 10.2 Å². The van der Waals surface area contributed by atoms with Gasteiger partial charge in [0, 0.05) is 6.07 Å². The third-order valence-electron chi connectivity index (χ3n) is 1.30. The SMILES string of the molecule is N=c1ccoc2cn[nH]c12. The molecule has 0 aromatic carbocycles. The molecular weight excluding hydrogens is 130 g/mol. The number of fused-ring (bicyclic) bond motifs is 1. The Kier molecular flexibility index (Phi) is 0.887. The molecule has 0 saturated carbocycles. The van der Waals surface area contributed by atoms with Crippen LogP contribution in [0.3, 0.4) is 0 Å². The molecule has 4 nitrogen and oxygen atoms in total. The summed E-state index contributed by atoms with van der Waals surface area (Å²) < 4.78 is 5.02. The first kappa shape index (κ1) is 5.22. The largest absolute Gasteiger partial charge is 0.461 e. The van der Waals surface area contributed by atoms with E-state index >= 15 is 0 Å². The van der Waals surface area contributed by atoms with E-state index in [0.717, 1.165) is 0 Å². The molecular formula is C6H5N3O. The van der Waals surface area contributed by atoms with E-state index in [-0.39, 0.29) is 0 Å². The lowest BCUT2D eigenvalue weighted by Gasteiger charge is -1.84. The molecule has 0 amide bonds. The van der Waals surface area contributed by atoms with Gasteiger partial charge in [0.2, 0.25) is 0 Å². The molecule has 4 heteroatoms. The van der Waals surface area contributed by atoms with Gasteiger partial charge in [-0.2, -0.15) is 5.10 Å². The van der Waals surface area contributed by atoms with Gasteiger partial charge in [-0.3, -0.25) is 10.5 Å². The summed E-state index contributed by atoms with van der Waals surface area (Å²) in [7, 11) is 0. The Morgan fingerprint density at radius 2 is 2.50 bits per heavy atom. The first-order valence-electron chi connectivity index (χ1n) is 2.83. The monoisotopic (exact) mass is 135 g/mol. The third-order valence-corrected chi connectivity index (χ3v) is 1.30. The molecule has 0 saturated heterocycles. The van der Waals surface area contributed by atoms with Crippen LogP contribution in [0.2, 0.25) is 0 Å². The van der Waals surface area contributed by atoms with Gasteiger partial charge in [-0.05, 0) is 0 Å². The molecule has 0 radical (unpaired) electrons. The molecule has 10 heavy (non-hydrogen) atoms. The van der Waals surface area contributed by atoms with E-state index in [9.17, 15) is 0 Å². The average Bonchev–Trinajstić information content (AvgIpc) is 2.36. The minimum Gasteiger partial charge on any atom is -0.461 e. The summed E-state index contributed by atoms with van der Waals surface area (Å²) in [6.45, 7) is 0. The third kappa shape index (κ3) is 0.556. The Hall–Kier alpha value is -1.58. The van der Waals surface area contributed by atoms with Crippen molar-refractivity contribution in [2.75, 3.05) is 0 Å². The van der Waals surface area contributed by atoms with E-state index in [1.165, 1.54) is 6.26 Å². The second-order valence-corrected chi connectivity index (χ2v) is 1.94. The van der Waals surface area contributed by atoms with Crippen molar-refractivity contribution >= 4 is 11.1 Å². The number of hydrogen-bond donors (Lipinski definition) is 2. The summed E-state index contributed by atoms with van der Waals surface area (Å²) in [5.41, 5.74) is 1.26. The zero-order valence-corrected chi connectivity index (χ0v) is 5.09. The molecule has 2 N–H and O–H groups in total. The van der Waals surface area contributed by atoms with Crippen LogP contribution in [0.1, 0.15) is 0 Å². The Labute approximate surface area is 56.0 Å². The lowest BCUT2D eigenvalue weighted by atomic mass is 10.4. The maximum atomic E-state index is 7.35. The Morgan fingerprint density at radius 3 is 3.30 bits per heavy atom. The van der Waals surface area contributed by atoms with Gasteiger partial charge in [0.15, 0.2) is 5.58 Å². The normalized spacial score (nSPS) is 10.4. The van der Waals surface area contributed by atoms with Crippen LogP contribution in [-0.2, 0) is 0 Å². The Balaban J connectivity index is 3.09. The van der Waals surface area contributed by atoms with Crippen molar-refractivity contribution in [3.8, 4) is 0 Å². The smallest absolute Gasteiger partial charge is 0.173 e. The van der Waals surface area contributed by atoms with Crippen molar-refractivity contribution in [1.29, 1.82) is 5.41 Å². The topological polar surface area (TPSA) is 65.7 Å². The fourth-order valence-electron chi connectivity index (χ4n) is 0.816. The first-order valence-corrected chi connectivity index (χ1v) is 2.83. The molecule has 2 rings (SSSR count). The minimum absolute atomic E-state index is 0.402. The summed E-state index contributed by atoms with van der Waals surface area (Å²) >= 11 is 0. The number of hydrogen-bond acceptors (Lipinski definition) is 3. The highest BCUT2D eigenvalue weighted by Gasteiger charge is 1.95. The average molecular weight is 135 g/mol. The summed E-state index contributed by atoms with van der Waals surface area (Å²) in [5, 5.41) is 14.1. The lowest BCUT2D eigenvalue weighted by molar-refractivity contribution is 0.602. The number of aromatic amines is 1. The molecule has 2 aromatic heterocycles. The van der Waals surface area contributed by atoms with Crippen LogP contribution in [0.4, 0.5) is 0 Å². The minimum atomic E-state index is 0.402. The molecule has 0 bridgehead atoms. The highest BCUT2D eigenvalue weighted by atomic mass is 16.3. The molecule has 0 atom stereocenters. The fourth-order valence-corrected chi connectivity index (χ4v) is 0.816. The number of rotatable bonds is 0. The Morgan fingerprint density at radius 1 is 1.60 bits per heavy atom. The number of aromatic nitrogens is 2. The zero-order valence-electron chi connectivity index (χ0n) is 5.09. The van der Waals surface area contributed by atoms with Crippen molar-refractivity contribution in [2.24, 2.45) is 0 Å². The second-order valence-electron chi connectivity index (χ2n) is 1.94. The van der Waals surface area contributed by atoms with Crippen LogP contribution in [0.25, 0.3) is 11.1 Å². The van der Waals surface area contributed by atoms with Gasteiger partial charge in [-0.25, -0.2) is 0 Å². The van der Waals surface area contributed by atoms with Crippen LogP contribution >= 0.6 is 0 Å². The highest BCUT2D eigenvalue weighted by Crippen LogP contribution is 2.02. The predicted octanol–water partition coefficient (Wildman–Crippen LogP) is 0.635. The van der Waals surface area contributed by atoms with Gasteiger partial charge in [-0.1, -0.05) is 0 Å². The van der Waals surface area contributed by atoms with Gasteiger partial charge >= 0.3 is 0 Å². The maximum Gasteiger partial charge on any atom is 0.173 e. The van der Waals surface area contributed by atoms with E-state index in [1.807, 2.05) is 0 Å². The molecule has 0 aliphatic rings. The van der Waals surface area contributed by atoms with Gasteiger partial charge in [-0.15, -0.1) is 0 Å². The summed E-state index contributed by atoms with van der Waals surface area (Å²) in [6.07, 6.45) is 3.02. The fraction of sp³-hybridized carbons (Fsp3) is 0. The molecule has 0 aliphatic heterocycles. The number of H-pyrrole nitrogens is 1. The summed E-state index contributed by atoms with van der Waals surface area (Å²) in [4.78, 5) is 0. The van der Waals surface area contributed by atoms with Crippen molar-refractivity contribution in [3.05, 3.63) is 23.9 Å². The number of nitrogens with zero attached hydrogens (tertiary/aromatic N) is 1. The maximum absolute atomic E-state index is 7.35. The number of nitrogens with one attached hydrogen (secondary N) is 2. The quantitative estimate of drug-likeness (QED) is 0.556. The van der Waals surface area contributed by atoms with Crippen molar-refractivity contribution in [3.63, 3.8) is 0 Å². The highest BCUT2D eigenvalue weighted by molar-refractivity contribution is 5.69. The standard InChI is InChI=1S/C6H5N3O/c7-4-1-2-10-5-3-8-9-6(4)5/h1-3,7H,(H,8,9). The van der Waals surface area contributed by atoms with Crippen LogP contribution in [0, 0.1) is 5.41 Å². The predicted molar refractivity (Wildman–Crippen MR) is 34.2 cm³/mol. The van der Waals surface area contributed by atoms with Crippen molar-refractivity contribution in [1.82, 2.24) is 10.2 Å². The van der Waals surface area contributed by atoms with Gasteiger partial charge in [0.1, 0.15) is 5.52 Å². The van der Waals surface area contributed by atoms with Gasteiger partial charge in [0.05, 0.1) is 17.8 Å². The molecule has 2 heterocycles. The lowest BCUT2D eigenvalue weighted by Crippen LogP contribution is -1.97. The van der Waals surface area contributed by atoms with Crippen LogP contribution in [-0.4, -0.2) is 10.2 Å². The Bertz CT molecular complexity index is 400. The van der Waals surface area contributed by atoms with E-state index in [0.29, 0.717) is 16.5 Å². The first-order chi connectivity index (χ1) is 4.88. The van der Waals surface area contributed by atoms with E-state index < -0.39 is 0 Å².